The monoisotopic (exact) mass is 898 g/mol. The summed E-state index contributed by atoms with van der Waals surface area (Å²) in [5, 5.41) is 0. The van der Waals surface area contributed by atoms with Gasteiger partial charge in [0.05, 0.1) is 10.8 Å². The normalized spacial score (nSPS) is 13.9. The number of hydrogen-bond acceptors (Lipinski definition) is 2. The van der Waals surface area contributed by atoms with Gasteiger partial charge in [-0.05, 0) is 156 Å². The largest absolute Gasteiger partial charge is 0.310 e. The summed E-state index contributed by atoms with van der Waals surface area (Å²) in [6.07, 6.45) is 0. The van der Waals surface area contributed by atoms with Gasteiger partial charge in [0, 0.05) is 34.1 Å². The Morgan fingerprint density at radius 2 is 0.471 bits per heavy atom. The topological polar surface area (TPSA) is 6.48 Å². The van der Waals surface area contributed by atoms with Crippen LogP contribution in [0.4, 0.5) is 34.1 Å². The van der Waals surface area contributed by atoms with E-state index in [1.807, 2.05) is 0 Å². The number of hydrogen-bond donors (Lipinski definition) is 0. The van der Waals surface area contributed by atoms with Crippen LogP contribution in [0.1, 0.15) is 66.8 Å². The van der Waals surface area contributed by atoms with E-state index in [1.165, 1.54) is 77.9 Å². The van der Waals surface area contributed by atoms with Gasteiger partial charge in [-0.1, -0.05) is 204 Å². The highest BCUT2D eigenvalue weighted by atomic mass is 15.1. The molecule has 0 aromatic heterocycles. The van der Waals surface area contributed by atoms with Gasteiger partial charge in [-0.2, -0.15) is 0 Å². The molecule has 10 aromatic rings. The van der Waals surface area contributed by atoms with Gasteiger partial charge in [0.25, 0.3) is 0 Å². The first-order chi connectivity index (χ1) is 34.3. The second kappa shape index (κ2) is 17.3. The van der Waals surface area contributed by atoms with E-state index < -0.39 is 10.8 Å². The second-order valence-electron chi connectivity index (χ2n) is 19.2. The molecule has 0 bridgehead atoms. The minimum atomic E-state index is -0.718. The highest BCUT2D eigenvalue weighted by molar-refractivity contribution is 6.16. The molecule has 2 aliphatic carbocycles. The molecule has 336 valence electrons. The van der Waals surface area contributed by atoms with Gasteiger partial charge >= 0.3 is 0 Å². The minimum Gasteiger partial charge on any atom is -0.310 e. The number of nitrogens with zero attached hydrogens (tertiary/aromatic N) is 2. The summed E-state index contributed by atoms with van der Waals surface area (Å²) in [6.45, 7) is 8.63. The van der Waals surface area contributed by atoms with Crippen LogP contribution in [0.15, 0.2) is 255 Å². The van der Waals surface area contributed by atoms with Crippen LogP contribution in [0.3, 0.4) is 0 Å². The maximum absolute atomic E-state index is 2.51. The maximum Gasteiger partial charge on any atom is 0.0717 e. The van der Waals surface area contributed by atoms with Crippen molar-refractivity contribution in [3.05, 3.63) is 322 Å². The summed E-state index contributed by atoms with van der Waals surface area (Å²) in [5.74, 6) is 0. The Labute approximate surface area is 413 Å². The standard InChI is InChI=1S/C68H54N2/c1-47-25-33-55(34-26-47)69(56-35-27-48(2)28-36-56)59-41-43-61-63(45-59)67(51-17-9-5-10-18-51,52-19-11-6-12-20-52)66-62-44-42-60(70(57-37-29-49(3)30-38-57)58-39-31-50(4)32-40-58)46-64(62)68(65(61)66,53-21-13-7-14-22-53)54-23-15-8-16-24-54/h5-46H,1-4H3. The van der Waals surface area contributed by atoms with Crippen molar-refractivity contribution in [2.75, 3.05) is 9.80 Å². The molecule has 0 atom stereocenters. The van der Waals surface area contributed by atoms with Crippen molar-refractivity contribution < 1.29 is 0 Å². The molecule has 0 radical (unpaired) electrons. The van der Waals surface area contributed by atoms with Crippen LogP contribution in [0.25, 0.3) is 11.1 Å². The predicted octanol–water partition coefficient (Wildman–Crippen LogP) is 17.5. The average Bonchev–Trinajstić information content (AvgIpc) is 3.88. The number of allylic oxidation sites excluding steroid dienone is 2. The van der Waals surface area contributed by atoms with Gasteiger partial charge < -0.3 is 9.80 Å². The molecule has 10 aromatic carbocycles. The van der Waals surface area contributed by atoms with Crippen LogP contribution >= 0.6 is 0 Å². The number of aryl methyl sites for hydroxylation is 4. The van der Waals surface area contributed by atoms with Gasteiger partial charge in [0.2, 0.25) is 0 Å². The highest BCUT2D eigenvalue weighted by Gasteiger charge is 2.59. The molecule has 2 aliphatic rings. The summed E-state index contributed by atoms with van der Waals surface area (Å²) in [6, 6.07) is 95.6. The van der Waals surface area contributed by atoms with Crippen molar-refractivity contribution in [2.45, 2.75) is 38.5 Å². The summed E-state index contributed by atoms with van der Waals surface area (Å²) < 4.78 is 0. The van der Waals surface area contributed by atoms with E-state index in [-0.39, 0.29) is 0 Å². The third kappa shape index (κ3) is 6.78. The van der Waals surface area contributed by atoms with Crippen molar-refractivity contribution in [1.29, 1.82) is 0 Å². The zero-order valence-electron chi connectivity index (χ0n) is 40.1. The Bertz CT molecular complexity index is 3110. The van der Waals surface area contributed by atoms with Gasteiger partial charge in [0.15, 0.2) is 0 Å². The van der Waals surface area contributed by atoms with E-state index in [0.29, 0.717) is 0 Å². The number of benzene rings is 10. The molecular weight excluding hydrogens is 845 g/mol. The predicted molar refractivity (Wildman–Crippen MR) is 294 cm³/mol. The van der Waals surface area contributed by atoms with Crippen molar-refractivity contribution in [2.24, 2.45) is 0 Å². The molecule has 0 heterocycles. The smallest absolute Gasteiger partial charge is 0.0717 e. The third-order valence-electron chi connectivity index (χ3n) is 14.9. The SMILES string of the molecule is Cc1ccc(N(c2ccc(C)cc2)c2ccc3c(c2)C(c2ccccc2)(c2ccccc2)C2=C3C(c3ccccc3)(c3ccccc3)c3cc(N(c4ccc(C)cc4)c4ccc(C)cc4)ccc32)cc1. The Hall–Kier alpha value is -8.46. The third-order valence-corrected chi connectivity index (χ3v) is 14.9. The van der Waals surface area contributed by atoms with E-state index in [4.69, 9.17) is 0 Å². The number of rotatable bonds is 10. The molecule has 0 fully saturated rings. The fourth-order valence-corrected chi connectivity index (χ4v) is 11.7. The Balaban J connectivity index is 1.22. The van der Waals surface area contributed by atoms with Gasteiger partial charge in [-0.3, -0.25) is 0 Å². The van der Waals surface area contributed by atoms with Gasteiger partial charge in [0.1, 0.15) is 0 Å². The molecule has 0 unspecified atom stereocenters. The van der Waals surface area contributed by atoms with E-state index in [2.05, 4.69) is 292 Å². The van der Waals surface area contributed by atoms with Gasteiger partial charge in [-0.15, -0.1) is 0 Å². The maximum atomic E-state index is 2.51. The molecule has 70 heavy (non-hydrogen) atoms. The van der Waals surface area contributed by atoms with Crippen molar-refractivity contribution in [3.8, 4) is 0 Å². The molecule has 0 aliphatic heterocycles. The van der Waals surface area contributed by atoms with E-state index >= 15 is 0 Å². The lowest BCUT2D eigenvalue weighted by Crippen LogP contribution is -2.31. The fraction of sp³-hybridized carbons (Fsp3) is 0.0882. The lowest BCUT2D eigenvalue weighted by Gasteiger charge is -2.39. The molecule has 0 saturated heterocycles. The molecule has 0 amide bonds. The van der Waals surface area contributed by atoms with Crippen LogP contribution < -0.4 is 9.80 Å². The van der Waals surface area contributed by atoms with E-state index in [0.717, 1.165) is 34.1 Å². The van der Waals surface area contributed by atoms with Crippen molar-refractivity contribution in [3.63, 3.8) is 0 Å². The Morgan fingerprint density at radius 3 is 0.714 bits per heavy atom. The first-order valence-corrected chi connectivity index (χ1v) is 24.5. The first-order valence-electron chi connectivity index (χ1n) is 24.5. The van der Waals surface area contributed by atoms with Crippen molar-refractivity contribution in [1.82, 2.24) is 0 Å². The Kier molecular flexibility index (Phi) is 10.6. The van der Waals surface area contributed by atoms with Crippen LogP contribution in [0, 0.1) is 27.7 Å². The molecule has 2 heteroatoms. The quantitative estimate of drug-likeness (QED) is 0.135. The zero-order chi connectivity index (χ0) is 47.4. The van der Waals surface area contributed by atoms with Crippen LogP contribution in [0.2, 0.25) is 0 Å². The number of anilines is 6. The average molecular weight is 899 g/mol. The molecule has 0 spiro atoms. The zero-order valence-corrected chi connectivity index (χ0v) is 40.1. The summed E-state index contributed by atoms with van der Waals surface area (Å²) >= 11 is 0. The van der Waals surface area contributed by atoms with Crippen LogP contribution in [-0.2, 0) is 10.8 Å². The molecule has 0 N–H and O–H groups in total. The summed E-state index contributed by atoms with van der Waals surface area (Å²) in [4.78, 5) is 4.85. The highest BCUT2D eigenvalue weighted by Crippen LogP contribution is 2.70. The number of fused-ring (bicyclic) bond motifs is 4. The second-order valence-corrected chi connectivity index (χ2v) is 19.2. The summed E-state index contributed by atoms with van der Waals surface area (Å²) in [7, 11) is 0. The lowest BCUT2D eigenvalue weighted by molar-refractivity contribution is 0.800. The first kappa shape index (κ1) is 42.9. The van der Waals surface area contributed by atoms with Gasteiger partial charge in [-0.25, -0.2) is 0 Å². The minimum absolute atomic E-state index is 0.718. The van der Waals surface area contributed by atoms with Crippen molar-refractivity contribution >= 4 is 45.3 Å². The molecule has 2 nitrogen and oxygen atoms in total. The summed E-state index contributed by atoms with van der Waals surface area (Å²) in [5.41, 5.74) is 22.8. The molecule has 12 rings (SSSR count). The molecule has 0 saturated carbocycles. The van der Waals surface area contributed by atoms with E-state index in [9.17, 15) is 0 Å². The fourth-order valence-electron chi connectivity index (χ4n) is 11.7. The van der Waals surface area contributed by atoms with Crippen LogP contribution in [0.5, 0.6) is 0 Å². The lowest BCUT2D eigenvalue weighted by atomic mass is 9.64. The van der Waals surface area contributed by atoms with E-state index in [1.54, 1.807) is 0 Å². The molecular formula is C68H54N2. The Morgan fingerprint density at radius 1 is 0.243 bits per heavy atom. The van der Waals surface area contributed by atoms with Crippen LogP contribution in [-0.4, -0.2) is 0 Å².